The number of nitrogens with zero attached hydrogens (tertiary/aromatic N) is 1. The zero-order chi connectivity index (χ0) is 30.4. The van der Waals surface area contributed by atoms with Gasteiger partial charge in [-0.05, 0) is 85.0 Å². The van der Waals surface area contributed by atoms with Crippen LogP contribution in [0.3, 0.4) is 0 Å². The van der Waals surface area contributed by atoms with Gasteiger partial charge in [-0.25, -0.2) is 0 Å². The Morgan fingerprint density at radius 1 is 1.05 bits per heavy atom. The Kier molecular flexibility index (Phi) is 8.04. The summed E-state index contributed by atoms with van der Waals surface area (Å²) in [6.45, 7) is 4.10. The van der Waals surface area contributed by atoms with E-state index < -0.39 is 26.1 Å². The molecular formula is C33H35B2NO7. The summed E-state index contributed by atoms with van der Waals surface area (Å²) in [6, 6.07) is 17.6. The van der Waals surface area contributed by atoms with Crippen LogP contribution in [0.1, 0.15) is 45.1 Å². The Labute approximate surface area is 251 Å². The summed E-state index contributed by atoms with van der Waals surface area (Å²) in [6.07, 6.45) is 4.46. The van der Waals surface area contributed by atoms with Gasteiger partial charge in [0.1, 0.15) is 5.75 Å². The highest BCUT2D eigenvalue weighted by molar-refractivity contribution is 6.58. The summed E-state index contributed by atoms with van der Waals surface area (Å²) >= 11 is 0. The van der Waals surface area contributed by atoms with Crippen LogP contribution in [0.2, 0.25) is 6.32 Å². The fourth-order valence-electron chi connectivity index (χ4n) is 7.31. The van der Waals surface area contributed by atoms with E-state index in [-0.39, 0.29) is 41.4 Å². The standard InChI is InChI=1S/C33H35B2NO7/c1-3-20-16-26-31(33(39)36(32(26)38)23-8-6-7-22(17-23)35(41)42)27-18-34(40)43-29(30(20)27)14-11-19(2)15-21-12-13-28(37)25-10-5-4-9-24(21)25/h4-10,12-13,15,17,26-27,29,31,37,40-42H,3,11,14,16,18H2,1-2H3/b19-15+/t26-,27+,29-,31-/m1/s1. The second-order valence-electron chi connectivity index (χ2n) is 11.9. The van der Waals surface area contributed by atoms with Crippen molar-refractivity contribution in [3.63, 3.8) is 0 Å². The fraction of sp³-hybridized carbons (Fsp3) is 0.333. The lowest BCUT2D eigenvalue weighted by molar-refractivity contribution is -0.122. The van der Waals surface area contributed by atoms with Gasteiger partial charge in [-0.2, -0.15) is 0 Å². The first-order chi connectivity index (χ1) is 20.7. The van der Waals surface area contributed by atoms with E-state index in [4.69, 9.17) is 4.65 Å². The van der Waals surface area contributed by atoms with Crippen molar-refractivity contribution < 1.29 is 34.4 Å². The average Bonchev–Trinajstić information content (AvgIpc) is 3.26. The molecule has 0 unspecified atom stereocenters. The van der Waals surface area contributed by atoms with Gasteiger partial charge in [-0.15, -0.1) is 0 Å². The number of carbonyl (C=O) groups excluding carboxylic acids is 2. The van der Waals surface area contributed by atoms with Gasteiger partial charge in [0, 0.05) is 5.39 Å². The predicted octanol–water partition coefficient (Wildman–Crippen LogP) is 3.82. The minimum atomic E-state index is -1.72. The van der Waals surface area contributed by atoms with E-state index in [1.54, 1.807) is 18.2 Å². The van der Waals surface area contributed by atoms with Crippen molar-refractivity contribution in [3.05, 3.63) is 82.9 Å². The quantitative estimate of drug-likeness (QED) is 0.191. The molecule has 8 nitrogen and oxygen atoms in total. The Morgan fingerprint density at radius 3 is 2.56 bits per heavy atom. The van der Waals surface area contributed by atoms with Crippen molar-refractivity contribution in [2.24, 2.45) is 17.8 Å². The van der Waals surface area contributed by atoms with Gasteiger partial charge in [0.2, 0.25) is 11.8 Å². The number of hydrogen-bond acceptors (Lipinski definition) is 7. The summed E-state index contributed by atoms with van der Waals surface area (Å²) in [5.74, 6) is -1.83. The highest BCUT2D eigenvalue weighted by atomic mass is 16.5. The minimum Gasteiger partial charge on any atom is -0.507 e. The van der Waals surface area contributed by atoms with Crippen LogP contribution >= 0.6 is 0 Å². The molecule has 0 radical (unpaired) electrons. The number of benzene rings is 3. The number of phenolic OH excluding ortho intramolecular Hbond substituents is 1. The van der Waals surface area contributed by atoms with Crippen LogP contribution in [0.15, 0.2) is 77.4 Å². The Balaban J connectivity index is 1.27. The third-order valence-electron chi connectivity index (χ3n) is 9.30. The molecule has 2 heterocycles. The van der Waals surface area contributed by atoms with Crippen LogP contribution in [0.5, 0.6) is 5.75 Å². The third kappa shape index (κ3) is 5.33. The summed E-state index contributed by atoms with van der Waals surface area (Å²) in [5.41, 5.74) is 4.80. The van der Waals surface area contributed by atoms with Gasteiger partial charge in [0.05, 0.1) is 23.6 Å². The van der Waals surface area contributed by atoms with Crippen LogP contribution in [-0.2, 0) is 14.2 Å². The molecule has 3 aromatic rings. The maximum Gasteiger partial charge on any atom is 0.488 e. The number of anilines is 1. The lowest BCUT2D eigenvalue weighted by Gasteiger charge is -2.43. The number of aromatic hydroxyl groups is 1. The van der Waals surface area contributed by atoms with E-state index in [2.05, 4.69) is 13.0 Å². The van der Waals surface area contributed by atoms with Gasteiger partial charge in [-0.1, -0.05) is 66.6 Å². The van der Waals surface area contributed by atoms with Crippen molar-refractivity contribution in [1.82, 2.24) is 0 Å². The molecule has 2 aliphatic heterocycles. The zero-order valence-electron chi connectivity index (χ0n) is 24.3. The van der Waals surface area contributed by atoms with Crippen LogP contribution in [-0.4, -0.2) is 52.3 Å². The third-order valence-corrected chi connectivity index (χ3v) is 9.30. The van der Waals surface area contributed by atoms with E-state index >= 15 is 0 Å². The van der Waals surface area contributed by atoms with Gasteiger partial charge in [0.15, 0.2) is 0 Å². The van der Waals surface area contributed by atoms with Crippen LogP contribution in [0, 0.1) is 17.8 Å². The summed E-state index contributed by atoms with van der Waals surface area (Å²) in [4.78, 5) is 28.8. The van der Waals surface area contributed by atoms with Crippen molar-refractivity contribution in [3.8, 4) is 5.75 Å². The Morgan fingerprint density at radius 2 is 1.81 bits per heavy atom. The number of phenols is 1. The number of imide groups is 1. The molecule has 43 heavy (non-hydrogen) atoms. The molecule has 0 aromatic heterocycles. The minimum absolute atomic E-state index is 0.200. The molecule has 220 valence electrons. The molecular weight excluding hydrogens is 544 g/mol. The predicted molar refractivity (Wildman–Crippen MR) is 167 cm³/mol. The van der Waals surface area contributed by atoms with Gasteiger partial charge in [0.25, 0.3) is 0 Å². The van der Waals surface area contributed by atoms with Crippen molar-refractivity contribution in [1.29, 1.82) is 0 Å². The molecule has 0 bridgehead atoms. The maximum absolute atomic E-state index is 13.9. The zero-order valence-corrected chi connectivity index (χ0v) is 24.3. The van der Waals surface area contributed by atoms with Crippen molar-refractivity contribution in [2.45, 2.75) is 52.0 Å². The second-order valence-corrected chi connectivity index (χ2v) is 11.9. The Hall–Kier alpha value is -3.69. The van der Waals surface area contributed by atoms with Gasteiger partial charge >= 0.3 is 14.2 Å². The largest absolute Gasteiger partial charge is 0.507 e. The van der Waals surface area contributed by atoms with E-state index in [9.17, 15) is 29.8 Å². The molecule has 10 heteroatoms. The van der Waals surface area contributed by atoms with Crippen molar-refractivity contribution in [2.75, 3.05) is 4.90 Å². The molecule has 3 aliphatic rings. The van der Waals surface area contributed by atoms with E-state index in [0.29, 0.717) is 31.4 Å². The van der Waals surface area contributed by atoms with E-state index in [0.717, 1.165) is 33.1 Å². The Bertz CT molecular complexity index is 1650. The van der Waals surface area contributed by atoms with Crippen LogP contribution < -0.4 is 10.4 Å². The molecule has 0 spiro atoms. The fourth-order valence-corrected chi connectivity index (χ4v) is 7.31. The number of amides is 2. The molecule has 2 fully saturated rings. The molecule has 4 atom stereocenters. The molecule has 1 aliphatic carbocycles. The SMILES string of the molecule is CCC1=C2[C@@H](CC/C(C)=C/c3ccc(O)c4ccccc34)OB(O)C[C@@H]2[C@@H]2C(=O)N(c3cccc(B(O)O)c3)C(=O)[C@@H]2C1. The molecule has 0 saturated carbocycles. The molecule has 3 aromatic carbocycles. The van der Waals surface area contributed by atoms with Crippen LogP contribution in [0.25, 0.3) is 16.8 Å². The van der Waals surface area contributed by atoms with Crippen LogP contribution in [0.4, 0.5) is 5.69 Å². The normalized spacial score (nSPS) is 24.1. The first-order valence-electron chi connectivity index (χ1n) is 14.9. The van der Waals surface area contributed by atoms with Crippen molar-refractivity contribution >= 4 is 54.0 Å². The average molecular weight is 579 g/mol. The topological polar surface area (TPSA) is 128 Å². The summed E-state index contributed by atoms with van der Waals surface area (Å²) in [7, 11) is -2.77. The smallest absolute Gasteiger partial charge is 0.488 e. The molecule has 2 saturated heterocycles. The van der Waals surface area contributed by atoms with E-state index in [1.165, 1.54) is 17.0 Å². The highest BCUT2D eigenvalue weighted by Crippen LogP contribution is 2.51. The molecule has 4 N–H and O–H groups in total. The van der Waals surface area contributed by atoms with Gasteiger partial charge in [-0.3, -0.25) is 14.5 Å². The maximum atomic E-state index is 13.9. The number of hydrogen-bond donors (Lipinski definition) is 4. The monoisotopic (exact) mass is 579 g/mol. The lowest BCUT2D eigenvalue weighted by atomic mass is 9.58. The highest BCUT2D eigenvalue weighted by Gasteiger charge is 2.57. The second kappa shape index (κ2) is 11.8. The number of rotatable bonds is 7. The summed E-state index contributed by atoms with van der Waals surface area (Å²) in [5, 5.41) is 42.1. The molecule has 2 amide bonds. The number of fused-ring (bicyclic) bond motifs is 4. The first-order valence-corrected chi connectivity index (χ1v) is 14.9. The van der Waals surface area contributed by atoms with E-state index in [1.807, 2.05) is 37.3 Å². The lowest BCUT2D eigenvalue weighted by Crippen LogP contribution is -2.46. The number of allylic oxidation sites excluding steroid dienone is 2. The molecule has 6 rings (SSSR count). The summed E-state index contributed by atoms with van der Waals surface area (Å²) < 4.78 is 6.11. The number of carbonyl (C=O) groups is 2. The van der Waals surface area contributed by atoms with Gasteiger partial charge < -0.3 is 24.8 Å². The first kappa shape index (κ1) is 29.4.